The van der Waals surface area contributed by atoms with Crippen molar-refractivity contribution in [1.29, 1.82) is 0 Å². The van der Waals surface area contributed by atoms with E-state index in [0.29, 0.717) is 0 Å². The van der Waals surface area contributed by atoms with Crippen LogP contribution in [0.4, 0.5) is 5.82 Å². The molecule has 0 aliphatic heterocycles. The Bertz CT molecular complexity index is 367. The first-order valence-corrected chi connectivity index (χ1v) is 7.70. The van der Waals surface area contributed by atoms with Crippen LogP contribution in [0.25, 0.3) is 0 Å². The SMILES string of the molecule is CCCc1nc(Br)cc(NC(CC)(CC)CC)n1. The second kappa shape index (κ2) is 7.07. The molecule has 1 rings (SSSR count). The molecule has 0 aromatic carbocycles. The topological polar surface area (TPSA) is 37.8 Å². The van der Waals surface area contributed by atoms with E-state index in [1.54, 1.807) is 0 Å². The van der Waals surface area contributed by atoms with Gasteiger partial charge in [-0.05, 0) is 41.6 Å². The second-order valence-corrected chi connectivity index (χ2v) is 5.52. The molecule has 4 heteroatoms. The first-order valence-electron chi connectivity index (χ1n) is 6.90. The number of nitrogens with zero attached hydrogens (tertiary/aromatic N) is 2. The molecule has 0 aliphatic rings. The maximum absolute atomic E-state index is 4.60. The summed E-state index contributed by atoms with van der Waals surface area (Å²) in [5.41, 5.74) is 0.150. The van der Waals surface area contributed by atoms with Crippen LogP contribution in [0.1, 0.15) is 59.2 Å². The Kier molecular flexibility index (Phi) is 6.06. The van der Waals surface area contributed by atoms with Gasteiger partial charge < -0.3 is 5.32 Å². The molecule has 0 amide bonds. The summed E-state index contributed by atoms with van der Waals surface area (Å²) < 4.78 is 0.862. The fourth-order valence-corrected chi connectivity index (χ4v) is 2.57. The van der Waals surface area contributed by atoms with Crippen LogP contribution in [-0.2, 0) is 6.42 Å². The predicted octanol–water partition coefficient (Wildman–Crippen LogP) is 4.57. The normalized spacial score (nSPS) is 11.6. The minimum absolute atomic E-state index is 0.150. The quantitative estimate of drug-likeness (QED) is 0.749. The average molecular weight is 314 g/mol. The highest BCUT2D eigenvalue weighted by atomic mass is 79.9. The molecule has 0 bridgehead atoms. The van der Waals surface area contributed by atoms with Crippen molar-refractivity contribution in [3.63, 3.8) is 0 Å². The maximum atomic E-state index is 4.60. The lowest BCUT2D eigenvalue weighted by Gasteiger charge is -2.32. The van der Waals surface area contributed by atoms with Crippen LogP contribution in [0.15, 0.2) is 10.7 Å². The van der Waals surface area contributed by atoms with E-state index in [4.69, 9.17) is 0 Å². The van der Waals surface area contributed by atoms with Crippen LogP contribution >= 0.6 is 15.9 Å². The van der Waals surface area contributed by atoms with Gasteiger partial charge in [0.05, 0.1) is 0 Å². The summed E-state index contributed by atoms with van der Waals surface area (Å²) in [6, 6.07) is 1.97. The van der Waals surface area contributed by atoms with Crippen LogP contribution < -0.4 is 5.32 Å². The minimum atomic E-state index is 0.150. The Hall–Kier alpha value is -0.640. The van der Waals surface area contributed by atoms with Crippen molar-refractivity contribution < 1.29 is 0 Å². The number of hydrogen-bond donors (Lipinski definition) is 1. The molecule has 18 heavy (non-hydrogen) atoms. The molecule has 0 saturated heterocycles. The fourth-order valence-electron chi connectivity index (χ4n) is 2.15. The number of anilines is 1. The standard InChI is InChI=1S/C14H24BrN3/c1-5-9-12-16-11(15)10-13(17-12)18-14(6-2,7-3)8-4/h10H,5-9H2,1-4H3,(H,16,17,18). The Balaban J connectivity index is 2.95. The van der Waals surface area contributed by atoms with E-state index < -0.39 is 0 Å². The minimum Gasteiger partial charge on any atom is -0.365 e. The molecule has 1 heterocycles. The summed E-state index contributed by atoms with van der Waals surface area (Å²) in [5, 5.41) is 3.60. The molecule has 3 nitrogen and oxygen atoms in total. The van der Waals surface area contributed by atoms with Crippen LogP contribution in [0.2, 0.25) is 0 Å². The van der Waals surface area contributed by atoms with Gasteiger partial charge in [0.2, 0.25) is 0 Å². The molecule has 0 radical (unpaired) electrons. The number of aromatic nitrogens is 2. The van der Waals surface area contributed by atoms with E-state index in [1.165, 1.54) is 0 Å². The highest BCUT2D eigenvalue weighted by Crippen LogP contribution is 2.25. The van der Waals surface area contributed by atoms with E-state index in [2.05, 4.69) is 58.9 Å². The lowest BCUT2D eigenvalue weighted by Crippen LogP contribution is -2.36. The van der Waals surface area contributed by atoms with Crippen molar-refractivity contribution >= 4 is 21.7 Å². The van der Waals surface area contributed by atoms with Crippen molar-refractivity contribution in [2.24, 2.45) is 0 Å². The zero-order chi connectivity index (χ0) is 13.6. The van der Waals surface area contributed by atoms with Gasteiger partial charge in [-0.2, -0.15) is 0 Å². The van der Waals surface area contributed by atoms with Gasteiger partial charge in [-0.3, -0.25) is 0 Å². The third-order valence-electron chi connectivity index (χ3n) is 3.64. The summed E-state index contributed by atoms with van der Waals surface area (Å²) in [5.74, 6) is 1.84. The fraction of sp³-hybridized carbons (Fsp3) is 0.714. The van der Waals surface area contributed by atoms with Crippen molar-refractivity contribution in [3.05, 3.63) is 16.5 Å². The first kappa shape index (κ1) is 15.4. The van der Waals surface area contributed by atoms with E-state index in [9.17, 15) is 0 Å². The Morgan fingerprint density at radius 1 is 1.11 bits per heavy atom. The molecule has 0 saturated carbocycles. The van der Waals surface area contributed by atoms with Crippen molar-refractivity contribution in [3.8, 4) is 0 Å². The van der Waals surface area contributed by atoms with Gasteiger partial charge in [0.1, 0.15) is 16.2 Å². The highest BCUT2D eigenvalue weighted by molar-refractivity contribution is 9.10. The van der Waals surface area contributed by atoms with Crippen LogP contribution in [-0.4, -0.2) is 15.5 Å². The molecule has 0 aliphatic carbocycles. The molecule has 1 aromatic rings. The van der Waals surface area contributed by atoms with E-state index >= 15 is 0 Å². The van der Waals surface area contributed by atoms with Crippen LogP contribution in [0.5, 0.6) is 0 Å². The number of hydrogen-bond acceptors (Lipinski definition) is 3. The van der Waals surface area contributed by atoms with Crippen LogP contribution in [0, 0.1) is 0 Å². The zero-order valence-corrected chi connectivity index (χ0v) is 13.5. The van der Waals surface area contributed by atoms with Gasteiger partial charge in [0.25, 0.3) is 0 Å². The highest BCUT2D eigenvalue weighted by Gasteiger charge is 2.24. The van der Waals surface area contributed by atoms with Crippen molar-refractivity contribution in [2.45, 2.75) is 65.3 Å². The van der Waals surface area contributed by atoms with Gasteiger partial charge in [-0.15, -0.1) is 0 Å². The van der Waals surface area contributed by atoms with Gasteiger partial charge in [0.15, 0.2) is 0 Å². The number of nitrogens with one attached hydrogen (secondary N) is 1. The molecule has 0 atom stereocenters. The van der Waals surface area contributed by atoms with Gasteiger partial charge in [-0.1, -0.05) is 27.7 Å². The smallest absolute Gasteiger partial charge is 0.132 e. The third kappa shape index (κ3) is 3.94. The zero-order valence-electron chi connectivity index (χ0n) is 11.9. The van der Waals surface area contributed by atoms with Crippen molar-refractivity contribution in [1.82, 2.24) is 9.97 Å². The van der Waals surface area contributed by atoms with Gasteiger partial charge in [-0.25, -0.2) is 9.97 Å². The Morgan fingerprint density at radius 2 is 1.72 bits per heavy atom. The average Bonchev–Trinajstić information content (AvgIpc) is 2.36. The van der Waals surface area contributed by atoms with Gasteiger partial charge >= 0.3 is 0 Å². The van der Waals surface area contributed by atoms with Crippen molar-refractivity contribution in [2.75, 3.05) is 5.32 Å². The monoisotopic (exact) mass is 313 g/mol. The van der Waals surface area contributed by atoms with E-state index in [1.807, 2.05) is 6.07 Å². The number of rotatable bonds is 7. The van der Waals surface area contributed by atoms with E-state index in [0.717, 1.165) is 48.3 Å². The summed E-state index contributed by atoms with van der Waals surface area (Å²) >= 11 is 3.47. The molecule has 0 unspecified atom stereocenters. The van der Waals surface area contributed by atoms with Crippen LogP contribution in [0.3, 0.4) is 0 Å². The molecule has 0 fully saturated rings. The molecule has 102 valence electrons. The summed E-state index contributed by atoms with van der Waals surface area (Å²) in [6.45, 7) is 8.82. The molecular formula is C14H24BrN3. The molecule has 1 N–H and O–H groups in total. The summed E-state index contributed by atoms with van der Waals surface area (Å²) in [7, 11) is 0. The van der Waals surface area contributed by atoms with E-state index in [-0.39, 0.29) is 5.54 Å². The third-order valence-corrected chi connectivity index (χ3v) is 4.04. The summed E-state index contributed by atoms with van der Waals surface area (Å²) in [6.07, 6.45) is 5.29. The molecule has 0 spiro atoms. The predicted molar refractivity (Wildman–Crippen MR) is 81.0 cm³/mol. The Labute approximate surface area is 119 Å². The Morgan fingerprint density at radius 3 is 2.22 bits per heavy atom. The number of halogens is 1. The molecule has 1 aromatic heterocycles. The lowest BCUT2D eigenvalue weighted by atomic mass is 9.90. The largest absolute Gasteiger partial charge is 0.365 e. The second-order valence-electron chi connectivity index (χ2n) is 4.71. The van der Waals surface area contributed by atoms with Gasteiger partial charge in [0, 0.05) is 18.0 Å². The number of aryl methyl sites for hydroxylation is 1. The summed E-state index contributed by atoms with van der Waals surface area (Å²) in [4.78, 5) is 9.00. The maximum Gasteiger partial charge on any atom is 0.132 e. The lowest BCUT2D eigenvalue weighted by molar-refractivity contribution is 0.418. The molecular weight excluding hydrogens is 290 g/mol. The first-order chi connectivity index (χ1) is 8.59.